The molecular weight excluding hydrogens is 321 g/mol. The van der Waals surface area contributed by atoms with Crippen molar-refractivity contribution in [1.82, 2.24) is 5.32 Å². The van der Waals surface area contributed by atoms with Crippen LogP contribution in [0.1, 0.15) is 30.7 Å². The van der Waals surface area contributed by atoms with E-state index < -0.39 is 9.84 Å². The molecule has 1 N–H and O–H groups in total. The van der Waals surface area contributed by atoms with Gasteiger partial charge in [0, 0.05) is 6.54 Å². The maximum Gasteiger partial charge on any atom is 0.257 e. The molecule has 0 bridgehead atoms. The molecule has 5 nitrogen and oxygen atoms in total. The van der Waals surface area contributed by atoms with Gasteiger partial charge >= 0.3 is 0 Å². The number of carbonyl (C=O) groups is 1. The average molecular weight is 341 g/mol. The molecule has 1 saturated carbocycles. The molecule has 1 unspecified atom stereocenters. The third kappa shape index (κ3) is 4.22. The number of amides is 1. The van der Waals surface area contributed by atoms with Crippen LogP contribution in [0.15, 0.2) is 18.2 Å². The topological polar surface area (TPSA) is 72.5 Å². The van der Waals surface area contributed by atoms with Gasteiger partial charge in [0.2, 0.25) is 0 Å². The number of sulfone groups is 1. The highest BCUT2D eigenvalue weighted by molar-refractivity contribution is 7.91. The lowest BCUT2D eigenvalue weighted by Crippen LogP contribution is -2.33. The Kier molecular flexibility index (Phi) is 4.57. The largest absolute Gasteiger partial charge is 0.481 e. The molecule has 1 atom stereocenters. The summed E-state index contributed by atoms with van der Waals surface area (Å²) in [7, 11) is -2.94. The highest BCUT2D eigenvalue weighted by Gasteiger charge is 2.29. The minimum Gasteiger partial charge on any atom is -0.481 e. The predicted molar refractivity (Wildman–Crippen MR) is 83.6 cm³/mol. The molecule has 0 aromatic heterocycles. The van der Waals surface area contributed by atoms with Crippen LogP contribution in [0.25, 0.3) is 0 Å². The lowest BCUT2D eigenvalue weighted by molar-refractivity contribution is -0.123. The minimum atomic E-state index is -2.94. The van der Waals surface area contributed by atoms with E-state index in [4.69, 9.17) is 4.74 Å². The quantitative estimate of drug-likeness (QED) is 0.854. The zero-order valence-corrected chi connectivity index (χ0v) is 13.6. The van der Waals surface area contributed by atoms with Crippen molar-refractivity contribution >= 4 is 15.7 Å². The Balaban J connectivity index is 1.47. The average Bonchev–Trinajstić information content (AvgIpc) is 3.28. The first kappa shape index (κ1) is 16.2. The van der Waals surface area contributed by atoms with Crippen molar-refractivity contribution in [3.8, 4) is 5.75 Å². The summed E-state index contributed by atoms with van der Waals surface area (Å²) in [6, 6.07) is 4.99. The van der Waals surface area contributed by atoms with Gasteiger partial charge in [0.25, 0.3) is 5.91 Å². The second-order valence-corrected chi connectivity index (χ2v) is 8.52. The normalized spacial score (nSPS) is 22.7. The van der Waals surface area contributed by atoms with Crippen molar-refractivity contribution in [3.05, 3.63) is 29.6 Å². The van der Waals surface area contributed by atoms with E-state index in [2.05, 4.69) is 5.32 Å². The predicted octanol–water partition coefficient (Wildman–Crippen LogP) is 1.63. The van der Waals surface area contributed by atoms with Crippen LogP contribution >= 0.6 is 0 Å². The number of benzene rings is 1. The molecule has 1 heterocycles. The fourth-order valence-corrected chi connectivity index (χ4v) is 4.70. The van der Waals surface area contributed by atoms with Crippen LogP contribution in [0.2, 0.25) is 0 Å². The van der Waals surface area contributed by atoms with Crippen molar-refractivity contribution in [2.75, 3.05) is 24.7 Å². The highest BCUT2D eigenvalue weighted by atomic mass is 32.2. The fraction of sp³-hybridized carbons (Fsp3) is 0.562. The number of hydrogen-bond donors (Lipinski definition) is 1. The third-order valence-corrected chi connectivity index (χ3v) is 6.12. The molecule has 1 saturated heterocycles. The van der Waals surface area contributed by atoms with E-state index in [0.29, 0.717) is 18.5 Å². The van der Waals surface area contributed by atoms with Crippen molar-refractivity contribution in [2.45, 2.75) is 25.2 Å². The zero-order valence-electron chi connectivity index (χ0n) is 12.8. The van der Waals surface area contributed by atoms with Gasteiger partial charge in [-0.2, -0.15) is 0 Å². The second kappa shape index (κ2) is 6.47. The summed E-state index contributed by atoms with van der Waals surface area (Å²) >= 11 is 0. The lowest BCUT2D eigenvalue weighted by atomic mass is 10.1. The molecule has 1 aromatic carbocycles. The number of hydrogen-bond acceptors (Lipinski definition) is 4. The Labute approximate surface area is 135 Å². The Morgan fingerprint density at radius 1 is 1.30 bits per heavy atom. The molecule has 3 rings (SSSR count). The second-order valence-electron chi connectivity index (χ2n) is 6.30. The first-order valence-corrected chi connectivity index (χ1v) is 9.65. The summed E-state index contributed by atoms with van der Waals surface area (Å²) in [6.07, 6.45) is 2.55. The first-order chi connectivity index (χ1) is 10.9. The summed E-state index contributed by atoms with van der Waals surface area (Å²) in [5.41, 5.74) is 0.652. The number of ether oxygens (including phenoxy) is 1. The van der Waals surface area contributed by atoms with Gasteiger partial charge in [-0.15, -0.1) is 0 Å². The number of rotatable bonds is 6. The van der Waals surface area contributed by atoms with Crippen molar-refractivity contribution < 1.29 is 22.3 Å². The van der Waals surface area contributed by atoms with E-state index in [1.807, 2.05) is 0 Å². The van der Waals surface area contributed by atoms with Gasteiger partial charge in [0.15, 0.2) is 28.0 Å². The molecule has 1 aliphatic heterocycles. The van der Waals surface area contributed by atoms with E-state index in [0.717, 1.165) is 12.8 Å². The highest BCUT2D eigenvalue weighted by Crippen LogP contribution is 2.42. The molecular formula is C16H20FNO4S. The third-order valence-electron chi connectivity index (χ3n) is 4.28. The number of halogens is 1. The molecule has 126 valence electrons. The van der Waals surface area contributed by atoms with E-state index in [9.17, 15) is 17.6 Å². The summed E-state index contributed by atoms with van der Waals surface area (Å²) < 4.78 is 42.2. The van der Waals surface area contributed by atoms with Crippen molar-refractivity contribution in [2.24, 2.45) is 5.92 Å². The van der Waals surface area contributed by atoms with Crippen LogP contribution in [-0.4, -0.2) is 39.0 Å². The molecule has 1 aromatic rings. The van der Waals surface area contributed by atoms with E-state index in [-0.39, 0.29) is 47.4 Å². The van der Waals surface area contributed by atoms with Crippen molar-refractivity contribution in [1.29, 1.82) is 0 Å². The Hall–Kier alpha value is -1.63. The molecule has 0 spiro atoms. The number of nitrogens with one attached hydrogen (secondary N) is 1. The summed E-state index contributed by atoms with van der Waals surface area (Å²) in [5.74, 6) is -0.131. The van der Waals surface area contributed by atoms with Crippen LogP contribution in [0.3, 0.4) is 0 Å². The van der Waals surface area contributed by atoms with Crippen LogP contribution in [0, 0.1) is 11.7 Å². The fourth-order valence-electron chi connectivity index (χ4n) is 2.83. The van der Waals surface area contributed by atoms with Gasteiger partial charge in [-0.3, -0.25) is 4.79 Å². The SMILES string of the molecule is O=C(COc1cccc(C2CC2)c1F)NCC1CCS(=O)(=O)C1. The summed E-state index contributed by atoms with van der Waals surface area (Å²) in [4.78, 5) is 11.8. The van der Waals surface area contributed by atoms with Crippen LogP contribution in [0.4, 0.5) is 4.39 Å². The van der Waals surface area contributed by atoms with Gasteiger partial charge in [0.05, 0.1) is 11.5 Å². The zero-order chi connectivity index (χ0) is 16.4. The van der Waals surface area contributed by atoms with Gasteiger partial charge in [-0.1, -0.05) is 12.1 Å². The van der Waals surface area contributed by atoms with Gasteiger partial charge in [0.1, 0.15) is 0 Å². The minimum absolute atomic E-state index is 0.0427. The molecule has 1 amide bonds. The standard InChI is InChI=1S/C16H20FNO4S/c17-16-13(12-4-5-12)2-1-3-14(16)22-9-15(19)18-8-11-6-7-23(20,21)10-11/h1-3,11-12H,4-10H2,(H,18,19). The first-order valence-electron chi connectivity index (χ1n) is 7.83. The van der Waals surface area contributed by atoms with Gasteiger partial charge in [-0.25, -0.2) is 12.8 Å². The molecule has 23 heavy (non-hydrogen) atoms. The molecule has 7 heteroatoms. The van der Waals surface area contributed by atoms with Gasteiger partial charge < -0.3 is 10.1 Å². The smallest absolute Gasteiger partial charge is 0.257 e. The summed E-state index contributed by atoms with van der Waals surface area (Å²) in [6.45, 7) is 0.0382. The van der Waals surface area contributed by atoms with E-state index in [1.165, 1.54) is 6.07 Å². The molecule has 1 aliphatic carbocycles. The van der Waals surface area contributed by atoms with Crippen LogP contribution < -0.4 is 10.1 Å². The van der Waals surface area contributed by atoms with E-state index in [1.54, 1.807) is 12.1 Å². The monoisotopic (exact) mass is 341 g/mol. The molecule has 0 radical (unpaired) electrons. The van der Waals surface area contributed by atoms with Crippen LogP contribution in [0.5, 0.6) is 5.75 Å². The lowest BCUT2D eigenvalue weighted by Gasteiger charge is -2.12. The molecule has 2 aliphatic rings. The summed E-state index contributed by atoms with van der Waals surface area (Å²) in [5, 5.41) is 2.65. The molecule has 2 fully saturated rings. The Bertz CT molecular complexity index is 700. The van der Waals surface area contributed by atoms with E-state index >= 15 is 0 Å². The Morgan fingerprint density at radius 3 is 2.74 bits per heavy atom. The van der Waals surface area contributed by atoms with Crippen molar-refractivity contribution in [3.63, 3.8) is 0 Å². The maximum atomic E-state index is 14.2. The maximum absolute atomic E-state index is 14.2. The van der Waals surface area contributed by atoms with Crippen LogP contribution in [-0.2, 0) is 14.6 Å². The van der Waals surface area contributed by atoms with Gasteiger partial charge in [-0.05, 0) is 42.7 Å². The number of carbonyl (C=O) groups excluding carboxylic acids is 1. The Morgan fingerprint density at radius 2 is 2.09 bits per heavy atom.